The van der Waals surface area contributed by atoms with Crippen molar-refractivity contribution >= 4 is 11.3 Å². The maximum atomic E-state index is 13.0. The van der Waals surface area contributed by atoms with Crippen LogP contribution in [0.5, 0.6) is 0 Å². The van der Waals surface area contributed by atoms with Crippen molar-refractivity contribution < 1.29 is 9.13 Å². The Morgan fingerprint density at radius 3 is 2.75 bits per heavy atom. The van der Waals surface area contributed by atoms with Gasteiger partial charge >= 0.3 is 0 Å². The zero-order valence-corrected chi connectivity index (χ0v) is 12.2. The van der Waals surface area contributed by atoms with E-state index in [4.69, 9.17) is 4.74 Å². The summed E-state index contributed by atoms with van der Waals surface area (Å²) in [6, 6.07) is 7.14. The fourth-order valence-corrected chi connectivity index (χ4v) is 3.03. The van der Waals surface area contributed by atoms with E-state index in [9.17, 15) is 4.39 Å². The number of ether oxygens (including phenoxy) is 1. The number of rotatable bonds is 6. The number of nitrogens with one attached hydrogen (secondary N) is 1. The van der Waals surface area contributed by atoms with Gasteiger partial charge in [-0.1, -0.05) is 0 Å². The molecule has 1 aromatic heterocycles. The molecule has 106 valence electrons. The number of benzene rings is 1. The molecule has 0 spiro atoms. The van der Waals surface area contributed by atoms with Gasteiger partial charge in [0.15, 0.2) is 0 Å². The first-order valence-corrected chi connectivity index (χ1v) is 7.55. The SMILES string of the molecule is COCc1nc(-c2ccc(F)cc2)sc1CNC1CC1. The van der Waals surface area contributed by atoms with Gasteiger partial charge < -0.3 is 10.1 Å². The summed E-state index contributed by atoms with van der Waals surface area (Å²) in [5.41, 5.74) is 1.93. The summed E-state index contributed by atoms with van der Waals surface area (Å²) in [4.78, 5) is 5.84. The summed E-state index contributed by atoms with van der Waals surface area (Å²) < 4.78 is 18.2. The molecule has 0 atom stereocenters. The van der Waals surface area contributed by atoms with Gasteiger partial charge in [0.05, 0.1) is 12.3 Å². The zero-order valence-electron chi connectivity index (χ0n) is 11.4. The van der Waals surface area contributed by atoms with Crippen molar-refractivity contribution in [2.45, 2.75) is 32.0 Å². The number of aromatic nitrogens is 1. The van der Waals surface area contributed by atoms with Crippen LogP contribution in [0.25, 0.3) is 10.6 Å². The van der Waals surface area contributed by atoms with Gasteiger partial charge in [-0.15, -0.1) is 11.3 Å². The predicted octanol–water partition coefficient (Wildman–Crippen LogP) is 3.35. The first-order chi connectivity index (χ1) is 9.76. The number of thiazole rings is 1. The monoisotopic (exact) mass is 292 g/mol. The van der Waals surface area contributed by atoms with E-state index < -0.39 is 0 Å². The fourth-order valence-electron chi connectivity index (χ4n) is 2.01. The van der Waals surface area contributed by atoms with Gasteiger partial charge in [-0.25, -0.2) is 9.37 Å². The molecule has 1 aromatic carbocycles. The highest BCUT2D eigenvalue weighted by Gasteiger charge is 2.21. The van der Waals surface area contributed by atoms with E-state index in [0.717, 1.165) is 22.8 Å². The molecule has 2 aromatic rings. The lowest BCUT2D eigenvalue weighted by Gasteiger charge is -2.02. The largest absolute Gasteiger partial charge is 0.378 e. The van der Waals surface area contributed by atoms with Gasteiger partial charge in [0.25, 0.3) is 0 Å². The smallest absolute Gasteiger partial charge is 0.124 e. The maximum Gasteiger partial charge on any atom is 0.124 e. The lowest BCUT2D eigenvalue weighted by molar-refractivity contribution is 0.181. The topological polar surface area (TPSA) is 34.1 Å². The molecule has 0 saturated heterocycles. The maximum absolute atomic E-state index is 13.0. The van der Waals surface area contributed by atoms with Crippen LogP contribution in [-0.4, -0.2) is 18.1 Å². The summed E-state index contributed by atoms with van der Waals surface area (Å²) in [7, 11) is 1.68. The second kappa shape index (κ2) is 5.99. The first-order valence-electron chi connectivity index (χ1n) is 6.73. The van der Waals surface area contributed by atoms with Crippen LogP contribution in [0.3, 0.4) is 0 Å². The van der Waals surface area contributed by atoms with E-state index in [1.54, 1.807) is 30.6 Å². The highest BCUT2D eigenvalue weighted by molar-refractivity contribution is 7.15. The number of halogens is 1. The highest BCUT2D eigenvalue weighted by Crippen LogP contribution is 2.29. The molecule has 3 nitrogen and oxygen atoms in total. The second-order valence-corrected chi connectivity index (χ2v) is 6.07. The van der Waals surface area contributed by atoms with E-state index in [-0.39, 0.29) is 5.82 Å². The molecule has 20 heavy (non-hydrogen) atoms. The van der Waals surface area contributed by atoms with Gasteiger partial charge in [0.1, 0.15) is 10.8 Å². The van der Waals surface area contributed by atoms with E-state index in [1.165, 1.54) is 29.9 Å². The number of nitrogens with zero attached hydrogens (tertiary/aromatic N) is 1. The first kappa shape index (κ1) is 13.7. The van der Waals surface area contributed by atoms with Crippen LogP contribution in [0, 0.1) is 5.82 Å². The molecule has 1 saturated carbocycles. The van der Waals surface area contributed by atoms with Crippen molar-refractivity contribution in [2.24, 2.45) is 0 Å². The van der Waals surface area contributed by atoms with Crippen molar-refractivity contribution in [1.82, 2.24) is 10.3 Å². The number of hydrogen-bond donors (Lipinski definition) is 1. The Bertz CT molecular complexity index is 578. The van der Waals surface area contributed by atoms with E-state index in [1.807, 2.05) is 0 Å². The Labute approximate surface area is 121 Å². The van der Waals surface area contributed by atoms with Crippen LogP contribution in [0.15, 0.2) is 24.3 Å². The van der Waals surface area contributed by atoms with Crippen LogP contribution >= 0.6 is 11.3 Å². The molecule has 3 rings (SSSR count). The molecule has 0 amide bonds. The Morgan fingerprint density at radius 1 is 1.35 bits per heavy atom. The minimum Gasteiger partial charge on any atom is -0.378 e. The van der Waals surface area contributed by atoms with E-state index >= 15 is 0 Å². The molecule has 0 aliphatic heterocycles. The van der Waals surface area contributed by atoms with Gasteiger partial charge in [-0.2, -0.15) is 0 Å². The van der Waals surface area contributed by atoms with Crippen molar-refractivity contribution in [1.29, 1.82) is 0 Å². The molecule has 1 heterocycles. The Morgan fingerprint density at radius 2 is 2.10 bits per heavy atom. The molecule has 5 heteroatoms. The predicted molar refractivity (Wildman–Crippen MR) is 78.1 cm³/mol. The van der Waals surface area contributed by atoms with Gasteiger partial charge in [-0.3, -0.25) is 0 Å². The normalized spacial score (nSPS) is 14.7. The molecule has 1 fully saturated rings. The Hall–Kier alpha value is -1.30. The lowest BCUT2D eigenvalue weighted by atomic mass is 10.2. The molecule has 1 aliphatic carbocycles. The average molecular weight is 292 g/mol. The van der Waals surface area contributed by atoms with Crippen molar-refractivity contribution in [3.63, 3.8) is 0 Å². The van der Waals surface area contributed by atoms with Gasteiger partial charge in [-0.05, 0) is 37.1 Å². The average Bonchev–Trinajstić information content (AvgIpc) is 3.19. The van der Waals surface area contributed by atoms with Crippen LogP contribution in [0.4, 0.5) is 4.39 Å². The minimum atomic E-state index is -0.224. The van der Waals surface area contributed by atoms with E-state index in [2.05, 4.69) is 10.3 Å². The van der Waals surface area contributed by atoms with Crippen LogP contribution in [-0.2, 0) is 17.9 Å². The third kappa shape index (κ3) is 3.23. The molecular formula is C15H17FN2OS. The fraction of sp³-hybridized carbons (Fsp3) is 0.400. The van der Waals surface area contributed by atoms with Gasteiger partial charge in [0, 0.05) is 30.1 Å². The summed E-state index contributed by atoms with van der Waals surface area (Å²) in [6.45, 7) is 1.35. The van der Waals surface area contributed by atoms with Crippen molar-refractivity contribution in [3.8, 4) is 10.6 Å². The molecular weight excluding hydrogens is 275 g/mol. The summed E-state index contributed by atoms with van der Waals surface area (Å²) in [5, 5.41) is 4.42. The molecule has 1 N–H and O–H groups in total. The molecule has 1 aliphatic rings. The summed E-state index contributed by atoms with van der Waals surface area (Å²) in [6.07, 6.45) is 2.53. The minimum absolute atomic E-state index is 0.224. The third-order valence-electron chi connectivity index (χ3n) is 3.28. The third-order valence-corrected chi connectivity index (χ3v) is 4.43. The highest BCUT2D eigenvalue weighted by atomic mass is 32.1. The molecule has 0 radical (unpaired) electrons. The Balaban J connectivity index is 1.82. The summed E-state index contributed by atoms with van der Waals surface area (Å²) in [5.74, 6) is -0.224. The molecule has 0 bridgehead atoms. The second-order valence-electron chi connectivity index (χ2n) is 4.98. The molecule has 0 unspecified atom stereocenters. The Kier molecular flexibility index (Phi) is 4.10. The van der Waals surface area contributed by atoms with Crippen molar-refractivity contribution in [3.05, 3.63) is 40.7 Å². The zero-order chi connectivity index (χ0) is 13.9. The van der Waals surface area contributed by atoms with Gasteiger partial charge in [0.2, 0.25) is 0 Å². The van der Waals surface area contributed by atoms with E-state index in [0.29, 0.717) is 12.6 Å². The van der Waals surface area contributed by atoms with Crippen molar-refractivity contribution in [2.75, 3.05) is 7.11 Å². The number of methoxy groups -OCH3 is 1. The van der Waals surface area contributed by atoms with Crippen LogP contribution in [0.2, 0.25) is 0 Å². The quantitative estimate of drug-likeness (QED) is 0.886. The number of hydrogen-bond acceptors (Lipinski definition) is 4. The van der Waals surface area contributed by atoms with Crippen LogP contribution < -0.4 is 5.32 Å². The summed E-state index contributed by atoms with van der Waals surface area (Å²) >= 11 is 1.65. The lowest BCUT2D eigenvalue weighted by Crippen LogP contribution is -2.15. The standard InChI is InChI=1S/C15H17FN2OS/c1-19-9-13-14(8-17-12-6-7-12)20-15(18-13)10-2-4-11(16)5-3-10/h2-5,12,17H,6-9H2,1H3. The van der Waals surface area contributed by atoms with Crippen LogP contribution in [0.1, 0.15) is 23.4 Å².